The molecule has 2 aromatic rings. The van der Waals surface area contributed by atoms with E-state index in [4.69, 9.17) is 11.6 Å². The van der Waals surface area contributed by atoms with Gasteiger partial charge in [0.2, 0.25) is 0 Å². The van der Waals surface area contributed by atoms with Crippen LogP contribution in [0, 0.1) is 5.92 Å². The number of aliphatic hydroxyl groups is 1. The van der Waals surface area contributed by atoms with E-state index in [1.165, 1.54) is 6.20 Å². The number of hydrogen-bond acceptors (Lipinski definition) is 3. The van der Waals surface area contributed by atoms with Crippen molar-refractivity contribution in [2.24, 2.45) is 5.92 Å². The maximum absolute atomic E-state index is 12.4. The zero-order valence-electron chi connectivity index (χ0n) is 12.1. The number of nitrogens with one attached hydrogen (secondary N) is 2. The highest BCUT2D eigenvalue weighted by atomic mass is 35.5. The summed E-state index contributed by atoms with van der Waals surface area (Å²) < 4.78 is 0. The van der Waals surface area contributed by atoms with Crippen molar-refractivity contribution in [2.75, 3.05) is 6.54 Å². The van der Waals surface area contributed by atoms with Crippen molar-refractivity contribution >= 4 is 17.5 Å². The number of aromatic amines is 1. The van der Waals surface area contributed by atoms with Gasteiger partial charge in [-0.25, -0.2) is 0 Å². The number of carbonyl (C=O) groups is 1. The largest absolute Gasteiger partial charge is 0.393 e. The van der Waals surface area contributed by atoms with E-state index in [-0.39, 0.29) is 17.9 Å². The lowest BCUT2D eigenvalue weighted by Crippen LogP contribution is -2.32. The fraction of sp³-hybridized carbons (Fsp3) is 0.375. The van der Waals surface area contributed by atoms with Crippen LogP contribution in [0.3, 0.4) is 0 Å². The summed E-state index contributed by atoms with van der Waals surface area (Å²) in [6.45, 7) is 0.479. The summed E-state index contributed by atoms with van der Waals surface area (Å²) in [6.07, 6.45) is 3.96. The van der Waals surface area contributed by atoms with E-state index in [2.05, 4.69) is 15.5 Å². The van der Waals surface area contributed by atoms with Gasteiger partial charge in [-0.3, -0.25) is 9.89 Å². The van der Waals surface area contributed by atoms with Gasteiger partial charge >= 0.3 is 0 Å². The van der Waals surface area contributed by atoms with Gasteiger partial charge in [-0.2, -0.15) is 5.10 Å². The van der Waals surface area contributed by atoms with Crippen LogP contribution in [-0.4, -0.2) is 33.9 Å². The fourth-order valence-corrected chi connectivity index (χ4v) is 3.13. The highest BCUT2D eigenvalue weighted by Crippen LogP contribution is 2.29. The normalized spacial score (nSPS) is 21.0. The number of nitrogens with zero attached hydrogens (tertiary/aromatic N) is 1. The zero-order chi connectivity index (χ0) is 15.5. The number of halogens is 1. The van der Waals surface area contributed by atoms with Crippen molar-refractivity contribution in [3.05, 3.63) is 41.0 Å². The van der Waals surface area contributed by atoms with Crippen molar-refractivity contribution in [1.82, 2.24) is 15.5 Å². The van der Waals surface area contributed by atoms with Crippen LogP contribution >= 0.6 is 11.6 Å². The molecule has 1 amide bonds. The molecule has 0 spiro atoms. The van der Waals surface area contributed by atoms with Crippen LogP contribution in [0.5, 0.6) is 0 Å². The molecule has 1 aliphatic carbocycles. The zero-order valence-corrected chi connectivity index (χ0v) is 12.8. The number of rotatable bonds is 4. The highest BCUT2D eigenvalue weighted by Gasteiger charge is 2.26. The van der Waals surface area contributed by atoms with Gasteiger partial charge in [0, 0.05) is 23.0 Å². The Balaban J connectivity index is 1.74. The van der Waals surface area contributed by atoms with Gasteiger partial charge in [0.1, 0.15) is 0 Å². The lowest BCUT2D eigenvalue weighted by Gasteiger charge is -2.15. The third-order valence-corrected chi connectivity index (χ3v) is 4.50. The van der Waals surface area contributed by atoms with E-state index in [1.54, 1.807) is 6.07 Å². The van der Waals surface area contributed by atoms with Crippen LogP contribution in [0.2, 0.25) is 5.02 Å². The molecular formula is C16H18ClN3O2. The monoisotopic (exact) mass is 319 g/mol. The quantitative estimate of drug-likeness (QED) is 0.810. The molecule has 6 heteroatoms. The Bertz CT molecular complexity index is 671. The van der Waals surface area contributed by atoms with Crippen LogP contribution < -0.4 is 5.32 Å². The van der Waals surface area contributed by atoms with Gasteiger partial charge in [0.05, 0.1) is 23.6 Å². The number of aromatic nitrogens is 2. The predicted molar refractivity (Wildman–Crippen MR) is 84.7 cm³/mol. The Morgan fingerprint density at radius 3 is 2.95 bits per heavy atom. The Morgan fingerprint density at radius 1 is 1.41 bits per heavy atom. The van der Waals surface area contributed by atoms with Crippen molar-refractivity contribution in [3.8, 4) is 11.3 Å². The Hall–Kier alpha value is -1.85. The van der Waals surface area contributed by atoms with E-state index in [0.29, 0.717) is 22.8 Å². The molecule has 0 saturated heterocycles. The van der Waals surface area contributed by atoms with E-state index in [1.807, 2.05) is 18.2 Å². The number of carbonyl (C=O) groups excluding carboxylic acids is 1. The second-order valence-corrected chi connectivity index (χ2v) is 6.01. The van der Waals surface area contributed by atoms with Gasteiger partial charge in [-0.05, 0) is 18.9 Å². The summed E-state index contributed by atoms with van der Waals surface area (Å²) in [4.78, 5) is 12.4. The van der Waals surface area contributed by atoms with Crippen molar-refractivity contribution in [1.29, 1.82) is 0 Å². The molecule has 1 aromatic heterocycles. The standard InChI is InChI=1S/C16H18ClN3O2/c17-13-6-2-1-5-11(13)15-12(9-19-20-15)16(22)18-8-10-4-3-7-14(10)21/h1-2,5-6,9-10,14,21H,3-4,7-8H2,(H,18,22)(H,19,20). The van der Waals surface area contributed by atoms with Crippen molar-refractivity contribution in [2.45, 2.75) is 25.4 Å². The molecule has 1 saturated carbocycles. The van der Waals surface area contributed by atoms with Crippen LogP contribution in [0.25, 0.3) is 11.3 Å². The van der Waals surface area contributed by atoms with Crippen LogP contribution in [0.1, 0.15) is 29.6 Å². The lowest BCUT2D eigenvalue weighted by molar-refractivity contribution is 0.0917. The van der Waals surface area contributed by atoms with Gasteiger partial charge < -0.3 is 10.4 Å². The highest BCUT2D eigenvalue weighted by molar-refractivity contribution is 6.33. The average molecular weight is 320 g/mol. The maximum Gasteiger partial charge on any atom is 0.255 e. The molecule has 0 aliphatic heterocycles. The summed E-state index contributed by atoms with van der Waals surface area (Å²) in [7, 11) is 0. The molecule has 5 nitrogen and oxygen atoms in total. The van der Waals surface area contributed by atoms with Crippen LogP contribution in [0.4, 0.5) is 0 Å². The molecule has 0 bridgehead atoms. The minimum atomic E-state index is -0.312. The first-order valence-electron chi connectivity index (χ1n) is 7.41. The van der Waals surface area contributed by atoms with Crippen LogP contribution in [0.15, 0.2) is 30.5 Å². The van der Waals surface area contributed by atoms with Crippen molar-refractivity contribution in [3.63, 3.8) is 0 Å². The third kappa shape index (κ3) is 3.00. The molecule has 3 N–H and O–H groups in total. The molecule has 2 atom stereocenters. The molecule has 2 unspecified atom stereocenters. The average Bonchev–Trinajstić information content (AvgIpc) is 3.14. The maximum atomic E-state index is 12.4. The Labute approximate surface area is 133 Å². The van der Waals surface area contributed by atoms with Gasteiger partial charge in [0.15, 0.2) is 0 Å². The fourth-order valence-electron chi connectivity index (χ4n) is 2.90. The van der Waals surface area contributed by atoms with Crippen LogP contribution in [-0.2, 0) is 0 Å². The molecule has 1 aliphatic rings. The first-order valence-corrected chi connectivity index (χ1v) is 7.79. The molecule has 22 heavy (non-hydrogen) atoms. The minimum absolute atomic E-state index is 0.139. The molecule has 0 radical (unpaired) electrons. The Kier molecular flexibility index (Phi) is 4.45. The van der Waals surface area contributed by atoms with E-state index < -0.39 is 0 Å². The SMILES string of the molecule is O=C(NCC1CCCC1O)c1cn[nH]c1-c1ccccc1Cl. The Morgan fingerprint density at radius 2 is 2.23 bits per heavy atom. The van der Waals surface area contributed by atoms with Gasteiger partial charge in [0.25, 0.3) is 5.91 Å². The molecule has 1 aromatic carbocycles. The first kappa shape index (κ1) is 15.1. The smallest absolute Gasteiger partial charge is 0.255 e. The van der Waals surface area contributed by atoms with E-state index in [0.717, 1.165) is 24.8 Å². The molecule has 3 rings (SSSR count). The molecule has 1 fully saturated rings. The van der Waals surface area contributed by atoms with Gasteiger partial charge in [-0.15, -0.1) is 0 Å². The van der Waals surface area contributed by atoms with Gasteiger partial charge in [-0.1, -0.05) is 36.2 Å². The summed E-state index contributed by atoms with van der Waals surface area (Å²) in [6, 6.07) is 7.31. The third-order valence-electron chi connectivity index (χ3n) is 4.17. The molecular weight excluding hydrogens is 302 g/mol. The van der Waals surface area contributed by atoms with E-state index >= 15 is 0 Å². The number of H-pyrrole nitrogens is 1. The topological polar surface area (TPSA) is 78.0 Å². The minimum Gasteiger partial charge on any atom is -0.393 e. The molecule has 116 valence electrons. The second kappa shape index (κ2) is 6.50. The number of amides is 1. The first-order chi connectivity index (χ1) is 10.7. The summed E-state index contributed by atoms with van der Waals surface area (Å²) in [5.41, 5.74) is 1.81. The summed E-state index contributed by atoms with van der Waals surface area (Å²) in [5, 5.41) is 20.1. The lowest BCUT2D eigenvalue weighted by atomic mass is 10.1. The second-order valence-electron chi connectivity index (χ2n) is 5.61. The molecule has 1 heterocycles. The number of aliphatic hydroxyl groups excluding tert-OH is 1. The number of hydrogen-bond donors (Lipinski definition) is 3. The summed E-state index contributed by atoms with van der Waals surface area (Å²) in [5.74, 6) is -0.0672. The van der Waals surface area contributed by atoms with Crippen molar-refractivity contribution < 1.29 is 9.90 Å². The predicted octanol–water partition coefficient (Wildman–Crippen LogP) is 2.62. The summed E-state index contributed by atoms with van der Waals surface area (Å²) >= 11 is 6.18. The van der Waals surface area contributed by atoms with E-state index in [9.17, 15) is 9.90 Å². The number of benzene rings is 1.